The zero-order valence-corrected chi connectivity index (χ0v) is 9.89. The summed E-state index contributed by atoms with van der Waals surface area (Å²) in [5.74, 6) is 0. The molecule has 0 fully saturated rings. The average Bonchev–Trinajstić information content (AvgIpc) is 2.33. The van der Waals surface area contributed by atoms with Crippen LogP contribution in [0.2, 0.25) is 0 Å². The molecule has 0 spiro atoms. The Labute approximate surface area is 98.0 Å². The van der Waals surface area contributed by atoms with E-state index in [9.17, 15) is 0 Å². The fourth-order valence-electron chi connectivity index (χ4n) is 1.53. The molecular weight excluding hydrogens is 198 g/mol. The molecule has 2 nitrogen and oxygen atoms in total. The molecule has 0 bridgehead atoms. The summed E-state index contributed by atoms with van der Waals surface area (Å²) in [5.41, 5.74) is 1.23. The minimum Gasteiger partial charge on any atom is -0.396 e. The van der Waals surface area contributed by atoms with Crippen LogP contribution in [-0.4, -0.2) is 24.3 Å². The fraction of sp³-hybridized carbons (Fsp3) is 0.429. The van der Waals surface area contributed by atoms with E-state index in [4.69, 9.17) is 5.11 Å². The molecule has 1 aromatic carbocycles. The Morgan fingerprint density at radius 3 is 2.75 bits per heavy atom. The monoisotopic (exact) mass is 219 g/mol. The molecule has 0 saturated carbocycles. The van der Waals surface area contributed by atoms with Gasteiger partial charge in [-0.05, 0) is 25.3 Å². The van der Waals surface area contributed by atoms with Gasteiger partial charge in [0.2, 0.25) is 0 Å². The first-order valence-corrected chi connectivity index (χ1v) is 5.88. The molecular formula is C14H21NO. The van der Waals surface area contributed by atoms with Crippen molar-refractivity contribution >= 4 is 6.08 Å². The molecule has 2 heteroatoms. The molecule has 0 heterocycles. The predicted octanol–water partition coefficient (Wildman–Crippen LogP) is 2.45. The van der Waals surface area contributed by atoms with Gasteiger partial charge in [0, 0.05) is 19.2 Å². The SMILES string of the molecule is CC(CCCO)NCC=Cc1ccccc1. The molecule has 0 saturated heterocycles. The van der Waals surface area contributed by atoms with Crippen LogP contribution in [0, 0.1) is 0 Å². The van der Waals surface area contributed by atoms with Crippen molar-refractivity contribution in [1.29, 1.82) is 0 Å². The summed E-state index contributed by atoms with van der Waals surface area (Å²) in [7, 11) is 0. The average molecular weight is 219 g/mol. The fourth-order valence-corrected chi connectivity index (χ4v) is 1.53. The van der Waals surface area contributed by atoms with Gasteiger partial charge in [-0.25, -0.2) is 0 Å². The first-order chi connectivity index (χ1) is 7.83. The Balaban J connectivity index is 2.17. The van der Waals surface area contributed by atoms with E-state index in [-0.39, 0.29) is 6.61 Å². The van der Waals surface area contributed by atoms with Crippen LogP contribution in [0.25, 0.3) is 6.08 Å². The molecule has 2 N–H and O–H groups in total. The van der Waals surface area contributed by atoms with Gasteiger partial charge in [0.05, 0.1) is 0 Å². The second-order valence-electron chi connectivity index (χ2n) is 3.99. The highest BCUT2D eigenvalue weighted by atomic mass is 16.2. The van der Waals surface area contributed by atoms with Crippen molar-refractivity contribution in [3.05, 3.63) is 42.0 Å². The molecule has 16 heavy (non-hydrogen) atoms. The maximum Gasteiger partial charge on any atom is 0.0431 e. The van der Waals surface area contributed by atoms with Gasteiger partial charge in [0.1, 0.15) is 0 Å². The maximum absolute atomic E-state index is 8.69. The number of aliphatic hydroxyl groups is 1. The molecule has 1 rings (SSSR count). The summed E-state index contributed by atoms with van der Waals surface area (Å²) in [4.78, 5) is 0. The molecule has 1 unspecified atom stereocenters. The van der Waals surface area contributed by atoms with Crippen LogP contribution in [0.15, 0.2) is 36.4 Å². The van der Waals surface area contributed by atoms with E-state index < -0.39 is 0 Å². The summed E-state index contributed by atoms with van der Waals surface area (Å²) in [6.45, 7) is 3.30. The van der Waals surface area contributed by atoms with Crippen molar-refractivity contribution in [2.75, 3.05) is 13.2 Å². The normalized spacial score (nSPS) is 13.1. The van der Waals surface area contributed by atoms with Crippen LogP contribution in [0.3, 0.4) is 0 Å². The lowest BCUT2D eigenvalue weighted by Gasteiger charge is -2.10. The molecule has 1 aromatic rings. The number of rotatable bonds is 7. The Hall–Kier alpha value is -1.12. The van der Waals surface area contributed by atoms with Crippen molar-refractivity contribution in [2.45, 2.75) is 25.8 Å². The third kappa shape index (κ3) is 5.69. The topological polar surface area (TPSA) is 32.3 Å². The molecule has 1 atom stereocenters. The first kappa shape index (κ1) is 12.9. The lowest BCUT2D eigenvalue weighted by Crippen LogP contribution is -2.26. The highest BCUT2D eigenvalue weighted by Gasteiger charge is 1.97. The second kappa shape index (κ2) is 8.08. The van der Waals surface area contributed by atoms with Crippen LogP contribution in [0.1, 0.15) is 25.3 Å². The van der Waals surface area contributed by atoms with E-state index in [1.165, 1.54) is 5.56 Å². The van der Waals surface area contributed by atoms with Crippen molar-refractivity contribution in [3.8, 4) is 0 Å². The smallest absolute Gasteiger partial charge is 0.0431 e. The third-order valence-corrected chi connectivity index (χ3v) is 2.49. The van der Waals surface area contributed by atoms with E-state index in [2.05, 4.69) is 36.5 Å². The molecule has 0 aliphatic carbocycles. The van der Waals surface area contributed by atoms with Crippen molar-refractivity contribution in [3.63, 3.8) is 0 Å². The largest absolute Gasteiger partial charge is 0.396 e. The summed E-state index contributed by atoms with van der Waals surface area (Å²) in [6, 6.07) is 10.7. The van der Waals surface area contributed by atoms with Gasteiger partial charge in [-0.3, -0.25) is 0 Å². The lowest BCUT2D eigenvalue weighted by molar-refractivity contribution is 0.277. The van der Waals surface area contributed by atoms with Crippen molar-refractivity contribution in [1.82, 2.24) is 5.32 Å². The maximum atomic E-state index is 8.69. The summed E-state index contributed by atoms with van der Waals surface area (Å²) < 4.78 is 0. The number of aliphatic hydroxyl groups excluding tert-OH is 1. The zero-order chi connectivity index (χ0) is 11.6. The zero-order valence-electron chi connectivity index (χ0n) is 9.89. The van der Waals surface area contributed by atoms with Gasteiger partial charge in [0.15, 0.2) is 0 Å². The number of hydrogen-bond donors (Lipinski definition) is 2. The van der Waals surface area contributed by atoms with Gasteiger partial charge in [-0.15, -0.1) is 0 Å². The molecule has 0 aromatic heterocycles. The van der Waals surface area contributed by atoms with Gasteiger partial charge in [-0.1, -0.05) is 42.5 Å². The molecule has 0 aliphatic heterocycles. The molecule has 88 valence electrons. The van der Waals surface area contributed by atoms with Crippen LogP contribution in [0.4, 0.5) is 0 Å². The summed E-state index contributed by atoms with van der Waals surface area (Å²) in [5, 5.41) is 12.1. The Morgan fingerprint density at radius 2 is 2.06 bits per heavy atom. The third-order valence-electron chi connectivity index (χ3n) is 2.49. The second-order valence-corrected chi connectivity index (χ2v) is 3.99. The van der Waals surface area contributed by atoms with E-state index in [1.807, 2.05) is 18.2 Å². The summed E-state index contributed by atoms with van der Waals surface area (Å²) >= 11 is 0. The van der Waals surface area contributed by atoms with Crippen LogP contribution >= 0.6 is 0 Å². The summed E-state index contributed by atoms with van der Waals surface area (Å²) in [6.07, 6.45) is 6.14. The van der Waals surface area contributed by atoms with E-state index in [0.717, 1.165) is 19.4 Å². The number of nitrogens with one attached hydrogen (secondary N) is 1. The predicted molar refractivity (Wildman–Crippen MR) is 69.3 cm³/mol. The van der Waals surface area contributed by atoms with Crippen LogP contribution in [-0.2, 0) is 0 Å². The Kier molecular flexibility index (Phi) is 6.54. The molecule has 0 radical (unpaired) electrons. The first-order valence-electron chi connectivity index (χ1n) is 5.88. The Bertz CT molecular complexity index is 295. The van der Waals surface area contributed by atoms with Gasteiger partial charge in [-0.2, -0.15) is 0 Å². The highest BCUT2D eigenvalue weighted by Crippen LogP contribution is 2.00. The minimum atomic E-state index is 0.284. The van der Waals surface area contributed by atoms with Gasteiger partial charge >= 0.3 is 0 Å². The van der Waals surface area contributed by atoms with E-state index in [0.29, 0.717) is 6.04 Å². The van der Waals surface area contributed by atoms with Crippen molar-refractivity contribution < 1.29 is 5.11 Å². The van der Waals surface area contributed by atoms with E-state index >= 15 is 0 Å². The van der Waals surface area contributed by atoms with E-state index in [1.54, 1.807) is 0 Å². The van der Waals surface area contributed by atoms with Gasteiger partial charge in [0.25, 0.3) is 0 Å². The standard InChI is InChI=1S/C14H21NO/c1-13(7-6-12-16)15-11-5-10-14-8-3-2-4-9-14/h2-5,8-10,13,15-16H,6-7,11-12H2,1H3. The lowest BCUT2D eigenvalue weighted by atomic mass is 10.2. The number of benzene rings is 1. The van der Waals surface area contributed by atoms with Crippen LogP contribution < -0.4 is 5.32 Å². The van der Waals surface area contributed by atoms with Gasteiger partial charge < -0.3 is 10.4 Å². The van der Waals surface area contributed by atoms with Crippen LogP contribution in [0.5, 0.6) is 0 Å². The van der Waals surface area contributed by atoms with Crippen molar-refractivity contribution in [2.24, 2.45) is 0 Å². The highest BCUT2D eigenvalue weighted by molar-refractivity contribution is 5.48. The minimum absolute atomic E-state index is 0.284. The molecule has 0 aliphatic rings. The Morgan fingerprint density at radius 1 is 1.31 bits per heavy atom. The molecule has 0 amide bonds. The number of hydrogen-bond acceptors (Lipinski definition) is 2. The quantitative estimate of drug-likeness (QED) is 0.738.